The van der Waals surface area contributed by atoms with E-state index in [1.54, 1.807) is 4.57 Å². The van der Waals surface area contributed by atoms with Crippen molar-refractivity contribution in [1.82, 2.24) is 9.55 Å². The Morgan fingerprint density at radius 2 is 2.15 bits per heavy atom. The zero-order chi connectivity index (χ0) is 14.4. The first-order chi connectivity index (χ1) is 9.49. The highest BCUT2D eigenvalue weighted by Gasteiger charge is 2.29. The number of hydrogen-bond donors (Lipinski definition) is 1. The van der Waals surface area contributed by atoms with E-state index in [0.29, 0.717) is 16.9 Å². The minimum Gasteiger partial charge on any atom is -0.353 e. The van der Waals surface area contributed by atoms with Gasteiger partial charge in [0, 0.05) is 12.1 Å². The minimum absolute atomic E-state index is 0.110. The van der Waals surface area contributed by atoms with E-state index < -0.39 is 5.82 Å². The summed E-state index contributed by atoms with van der Waals surface area (Å²) in [5, 5.41) is 3.63. The summed E-state index contributed by atoms with van der Waals surface area (Å²) in [5.41, 5.74) is 0.261. The second-order valence-electron chi connectivity index (χ2n) is 5.40. The van der Waals surface area contributed by atoms with Crippen molar-refractivity contribution in [3.63, 3.8) is 0 Å². The average Bonchev–Trinajstić information content (AvgIpc) is 3.18. The van der Waals surface area contributed by atoms with Crippen LogP contribution >= 0.6 is 15.9 Å². The molecule has 3 rings (SSSR count). The number of aromatic nitrogens is 2. The predicted molar refractivity (Wildman–Crippen MR) is 80.7 cm³/mol. The molecule has 106 valence electrons. The molecular formula is C14H15BrFN3O. The van der Waals surface area contributed by atoms with Crippen molar-refractivity contribution < 1.29 is 4.39 Å². The maximum absolute atomic E-state index is 13.6. The molecular weight excluding hydrogens is 325 g/mol. The number of fused-ring (bicyclic) bond motifs is 1. The first kappa shape index (κ1) is 13.5. The third-order valence-corrected chi connectivity index (χ3v) is 4.05. The van der Waals surface area contributed by atoms with Crippen molar-refractivity contribution in [3.8, 4) is 0 Å². The first-order valence-electron chi connectivity index (χ1n) is 6.66. The van der Waals surface area contributed by atoms with Gasteiger partial charge >= 0.3 is 0 Å². The number of halogens is 2. The summed E-state index contributed by atoms with van der Waals surface area (Å²) in [6.45, 7) is 3.96. The van der Waals surface area contributed by atoms with E-state index in [1.165, 1.54) is 12.1 Å². The van der Waals surface area contributed by atoms with Crippen LogP contribution in [0.2, 0.25) is 0 Å². The fourth-order valence-electron chi connectivity index (χ4n) is 2.24. The van der Waals surface area contributed by atoms with Crippen molar-refractivity contribution in [3.05, 3.63) is 32.8 Å². The number of hydrogen-bond acceptors (Lipinski definition) is 3. The van der Waals surface area contributed by atoms with Gasteiger partial charge in [-0.2, -0.15) is 0 Å². The maximum atomic E-state index is 13.6. The van der Waals surface area contributed by atoms with Gasteiger partial charge in [0.2, 0.25) is 5.95 Å². The lowest BCUT2D eigenvalue weighted by Crippen LogP contribution is -2.26. The zero-order valence-corrected chi connectivity index (χ0v) is 12.9. The van der Waals surface area contributed by atoms with Gasteiger partial charge in [-0.3, -0.25) is 9.36 Å². The van der Waals surface area contributed by atoms with E-state index >= 15 is 0 Å². The lowest BCUT2D eigenvalue weighted by molar-refractivity contribution is 0.622. The van der Waals surface area contributed by atoms with E-state index in [2.05, 4.69) is 26.2 Å². The van der Waals surface area contributed by atoms with Gasteiger partial charge in [0.05, 0.1) is 15.4 Å². The lowest BCUT2D eigenvalue weighted by atomic mass is 10.2. The van der Waals surface area contributed by atoms with Crippen molar-refractivity contribution in [1.29, 1.82) is 0 Å². The Labute approximate surface area is 124 Å². The van der Waals surface area contributed by atoms with E-state index in [0.717, 1.165) is 12.8 Å². The van der Waals surface area contributed by atoms with Crippen LogP contribution in [0.3, 0.4) is 0 Å². The average molecular weight is 340 g/mol. The first-order valence-corrected chi connectivity index (χ1v) is 7.45. The summed E-state index contributed by atoms with van der Waals surface area (Å²) in [6.07, 6.45) is 1.98. The summed E-state index contributed by atoms with van der Waals surface area (Å²) in [4.78, 5) is 17.1. The lowest BCUT2D eigenvalue weighted by Gasteiger charge is -2.16. The Balaban J connectivity index is 2.32. The third-order valence-electron chi connectivity index (χ3n) is 3.29. The molecule has 2 aromatic rings. The normalized spacial score (nSPS) is 15.1. The standard InChI is InChI=1S/C14H15BrFN3O/c1-7(2)17-14-18-12-9(5-6-10(16)11(12)15)13(20)19(14)8-3-4-8/h5-8H,3-4H2,1-2H3,(H,17,18). The number of rotatable bonds is 3. The van der Waals surface area contributed by atoms with Crippen LogP contribution in [-0.2, 0) is 0 Å². The molecule has 0 bridgehead atoms. The molecule has 1 N–H and O–H groups in total. The quantitative estimate of drug-likeness (QED) is 0.931. The van der Waals surface area contributed by atoms with Crippen LogP contribution in [0, 0.1) is 5.82 Å². The Morgan fingerprint density at radius 1 is 1.45 bits per heavy atom. The van der Waals surface area contributed by atoms with Crippen LogP contribution in [-0.4, -0.2) is 15.6 Å². The van der Waals surface area contributed by atoms with Gasteiger partial charge in [-0.15, -0.1) is 0 Å². The summed E-state index contributed by atoms with van der Waals surface area (Å²) in [5.74, 6) is 0.107. The summed E-state index contributed by atoms with van der Waals surface area (Å²) in [7, 11) is 0. The van der Waals surface area contributed by atoms with Crippen LogP contribution in [0.4, 0.5) is 10.3 Å². The molecule has 1 aromatic carbocycles. The van der Waals surface area contributed by atoms with Crippen LogP contribution in [0.25, 0.3) is 10.9 Å². The van der Waals surface area contributed by atoms with Gasteiger partial charge in [0.15, 0.2) is 0 Å². The molecule has 0 atom stereocenters. The summed E-state index contributed by atoms with van der Waals surface area (Å²) >= 11 is 3.18. The largest absolute Gasteiger partial charge is 0.353 e. The molecule has 0 radical (unpaired) electrons. The van der Waals surface area contributed by atoms with Crippen LogP contribution in [0.15, 0.2) is 21.4 Å². The minimum atomic E-state index is -0.413. The highest BCUT2D eigenvalue weighted by molar-refractivity contribution is 9.10. The molecule has 1 heterocycles. The van der Waals surface area contributed by atoms with E-state index in [-0.39, 0.29) is 22.1 Å². The van der Waals surface area contributed by atoms with Crippen molar-refractivity contribution in [2.75, 3.05) is 5.32 Å². The van der Waals surface area contributed by atoms with Crippen molar-refractivity contribution >= 4 is 32.8 Å². The molecule has 1 aliphatic carbocycles. The fourth-order valence-corrected chi connectivity index (χ4v) is 2.67. The molecule has 1 saturated carbocycles. The third kappa shape index (κ3) is 2.22. The number of nitrogens with one attached hydrogen (secondary N) is 1. The summed E-state index contributed by atoms with van der Waals surface area (Å²) in [6, 6.07) is 3.16. The Bertz CT molecular complexity index is 737. The Kier molecular flexibility index (Phi) is 3.28. The second kappa shape index (κ2) is 4.84. The number of benzene rings is 1. The van der Waals surface area contributed by atoms with Crippen LogP contribution in [0.1, 0.15) is 32.7 Å². The number of nitrogens with zero attached hydrogens (tertiary/aromatic N) is 2. The van der Waals surface area contributed by atoms with Gasteiger partial charge in [-0.25, -0.2) is 9.37 Å². The molecule has 20 heavy (non-hydrogen) atoms. The molecule has 1 aliphatic rings. The van der Waals surface area contributed by atoms with Crippen molar-refractivity contribution in [2.24, 2.45) is 0 Å². The van der Waals surface area contributed by atoms with Gasteiger partial charge in [-0.1, -0.05) is 0 Å². The highest BCUT2D eigenvalue weighted by atomic mass is 79.9. The maximum Gasteiger partial charge on any atom is 0.263 e. The second-order valence-corrected chi connectivity index (χ2v) is 6.19. The Hall–Kier alpha value is -1.43. The van der Waals surface area contributed by atoms with Gasteiger partial charge < -0.3 is 5.32 Å². The van der Waals surface area contributed by atoms with E-state index in [1.807, 2.05) is 13.8 Å². The van der Waals surface area contributed by atoms with Crippen LogP contribution < -0.4 is 10.9 Å². The van der Waals surface area contributed by atoms with Crippen molar-refractivity contribution in [2.45, 2.75) is 38.8 Å². The molecule has 4 nitrogen and oxygen atoms in total. The van der Waals surface area contributed by atoms with Gasteiger partial charge in [0.1, 0.15) is 5.82 Å². The SMILES string of the molecule is CC(C)Nc1nc2c(Br)c(F)ccc2c(=O)n1C1CC1. The van der Waals surface area contributed by atoms with Gasteiger partial charge in [0.25, 0.3) is 5.56 Å². The molecule has 0 aliphatic heterocycles. The zero-order valence-electron chi connectivity index (χ0n) is 11.3. The molecule has 0 unspecified atom stereocenters. The molecule has 1 fully saturated rings. The summed E-state index contributed by atoms with van der Waals surface area (Å²) < 4.78 is 15.6. The molecule has 0 amide bonds. The van der Waals surface area contributed by atoms with Crippen LogP contribution in [0.5, 0.6) is 0 Å². The topological polar surface area (TPSA) is 46.9 Å². The number of anilines is 1. The molecule has 6 heteroatoms. The Morgan fingerprint density at radius 3 is 2.75 bits per heavy atom. The molecule has 1 aromatic heterocycles. The fraction of sp³-hybridized carbons (Fsp3) is 0.429. The van der Waals surface area contributed by atoms with Gasteiger partial charge in [-0.05, 0) is 54.8 Å². The highest BCUT2D eigenvalue weighted by Crippen LogP contribution is 2.36. The van der Waals surface area contributed by atoms with E-state index in [9.17, 15) is 9.18 Å². The molecule has 0 spiro atoms. The van der Waals surface area contributed by atoms with E-state index in [4.69, 9.17) is 0 Å². The smallest absolute Gasteiger partial charge is 0.263 e. The predicted octanol–water partition coefficient (Wildman–Crippen LogP) is 3.45. The monoisotopic (exact) mass is 339 g/mol. The molecule has 0 saturated heterocycles.